The van der Waals surface area contributed by atoms with Gasteiger partial charge in [-0.3, -0.25) is 4.79 Å². The molecule has 0 heterocycles. The van der Waals surface area contributed by atoms with Gasteiger partial charge in [0.15, 0.2) is 17.4 Å². The van der Waals surface area contributed by atoms with E-state index in [-0.39, 0.29) is 43.6 Å². The van der Waals surface area contributed by atoms with Crippen molar-refractivity contribution in [3.05, 3.63) is 0 Å². The first-order chi connectivity index (χ1) is 4.77. The maximum absolute atomic E-state index is 10.0. The van der Waals surface area contributed by atoms with Crippen LogP contribution in [0.5, 0.6) is 0 Å². The summed E-state index contributed by atoms with van der Waals surface area (Å²) < 4.78 is 0. The van der Waals surface area contributed by atoms with Gasteiger partial charge in [0.1, 0.15) is 0 Å². The first-order valence-electron chi connectivity index (χ1n) is 3.99. The van der Waals surface area contributed by atoms with E-state index in [2.05, 4.69) is 6.92 Å². The average molecular weight is 265 g/mol. The van der Waals surface area contributed by atoms with Crippen molar-refractivity contribution in [3.8, 4) is 0 Å². The predicted molar refractivity (Wildman–Crippen MR) is 51.0 cm³/mol. The van der Waals surface area contributed by atoms with Crippen LogP contribution < -0.4 is 0 Å². The van der Waals surface area contributed by atoms with Crippen LogP contribution in [0.3, 0.4) is 0 Å². The van der Waals surface area contributed by atoms with E-state index < -0.39 is 5.97 Å². The van der Waals surface area contributed by atoms with E-state index in [4.69, 9.17) is 5.11 Å². The monoisotopic (exact) mass is 264 g/mol. The van der Waals surface area contributed by atoms with Gasteiger partial charge in [-0.05, 0) is 6.42 Å². The Morgan fingerprint density at radius 2 is 1.67 bits per heavy atom. The molecule has 2 nitrogen and oxygen atoms in total. The van der Waals surface area contributed by atoms with Gasteiger partial charge in [-0.2, -0.15) is 0 Å². The quantitative estimate of drug-likeness (QED) is 0.580. The minimum absolute atomic E-state index is 0. The Labute approximate surface area is 104 Å². The van der Waals surface area contributed by atoms with Crippen molar-refractivity contribution in [1.82, 2.24) is 0 Å². The number of rotatable bonds is 6. The van der Waals surface area contributed by atoms with Crippen molar-refractivity contribution in [2.75, 3.05) is 0 Å². The van der Waals surface area contributed by atoms with Crippen LogP contribution in [0.2, 0.25) is 0 Å². The van der Waals surface area contributed by atoms with Crippen molar-refractivity contribution in [1.29, 1.82) is 0 Å². The molecular formula is C8H19AlO2Zr. The predicted octanol–water partition coefficient (Wildman–Crippen LogP) is 1.25. The van der Waals surface area contributed by atoms with Crippen LogP contribution in [0, 0.1) is 0 Å². The Morgan fingerprint density at radius 1 is 1.17 bits per heavy atom. The fourth-order valence-corrected chi connectivity index (χ4v) is 0.880. The second kappa shape index (κ2) is 14.4. The first kappa shape index (κ1) is 18.6. The molecule has 0 radical (unpaired) electrons. The van der Waals surface area contributed by atoms with Crippen molar-refractivity contribution < 1.29 is 36.1 Å². The molecule has 0 fully saturated rings. The van der Waals surface area contributed by atoms with Crippen molar-refractivity contribution in [2.24, 2.45) is 0 Å². The van der Waals surface area contributed by atoms with E-state index in [9.17, 15) is 4.79 Å². The molecule has 0 aromatic heterocycles. The summed E-state index contributed by atoms with van der Waals surface area (Å²) in [6, 6.07) is 0. The number of aliphatic carboxylic acids is 1. The number of unbranched alkanes of at least 4 members (excludes halogenated alkanes) is 4. The van der Waals surface area contributed by atoms with Gasteiger partial charge in [0.2, 0.25) is 0 Å². The minimum atomic E-state index is -0.670. The van der Waals surface area contributed by atoms with E-state index in [1.165, 1.54) is 19.3 Å². The SMILES string of the molecule is CCCCCCCC(=O)O.[AlH3].[Zr]. The van der Waals surface area contributed by atoms with Gasteiger partial charge in [-0.25, -0.2) is 0 Å². The summed E-state index contributed by atoms with van der Waals surface area (Å²) in [5, 5.41) is 8.27. The minimum Gasteiger partial charge on any atom is -0.481 e. The molecule has 0 amide bonds. The fraction of sp³-hybridized carbons (Fsp3) is 0.875. The number of carboxylic acid groups (broad SMARTS) is 1. The second-order valence-corrected chi connectivity index (χ2v) is 2.56. The van der Waals surface area contributed by atoms with Crippen LogP contribution >= 0.6 is 0 Å². The Hall–Kier alpha value is 0.886. The number of hydrogen-bond acceptors (Lipinski definition) is 1. The second-order valence-electron chi connectivity index (χ2n) is 2.56. The molecule has 0 bridgehead atoms. The van der Waals surface area contributed by atoms with Crippen LogP contribution in [-0.2, 0) is 31.0 Å². The number of carboxylic acids is 1. The maximum Gasteiger partial charge on any atom is 0.303 e. The van der Waals surface area contributed by atoms with Gasteiger partial charge in [0, 0.05) is 32.6 Å². The standard InChI is InChI=1S/C8H16O2.Al.Zr.3H/c1-2-3-4-5-6-7-8(9)10;;;;;/h2-7H2,1H3,(H,9,10);;;;;. The number of carbonyl (C=O) groups is 1. The van der Waals surface area contributed by atoms with Gasteiger partial charge in [-0.15, -0.1) is 0 Å². The third-order valence-electron chi connectivity index (χ3n) is 1.49. The average Bonchev–Trinajstić information content (AvgIpc) is 1.87. The molecule has 0 aromatic rings. The van der Waals surface area contributed by atoms with Crippen LogP contribution in [0.15, 0.2) is 0 Å². The van der Waals surface area contributed by atoms with E-state index in [1.54, 1.807) is 0 Å². The molecule has 0 aliphatic carbocycles. The molecule has 0 saturated heterocycles. The van der Waals surface area contributed by atoms with Gasteiger partial charge in [0.25, 0.3) is 0 Å². The summed E-state index contributed by atoms with van der Waals surface area (Å²) in [6.07, 6.45) is 5.88. The fourth-order valence-electron chi connectivity index (χ4n) is 0.880. The van der Waals surface area contributed by atoms with Gasteiger partial charge >= 0.3 is 5.97 Å². The molecule has 0 spiro atoms. The Kier molecular flexibility index (Phi) is 22.4. The van der Waals surface area contributed by atoms with Crippen LogP contribution in [0.25, 0.3) is 0 Å². The summed E-state index contributed by atoms with van der Waals surface area (Å²) in [6.45, 7) is 2.15. The molecule has 0 rings (SSSR count). The molecular weight excluding hydrogens is 246 g/mol. The molecule has 0 atom stereocenters. The molecule has 12 heavy (non-hydrogen) atoms. The van der Waals surface area contributed by atoms with Gasteiger partial charge in [0.05, 0.1) is 0 Å². The zero-order chi connectivity index (χ0) is 7.82. The summed E-state index contributed by atoms with van der Waals surface area (Å²) in [5.41, 5.74) is 0. The van der Waals surface area contributed by atoms with E-state index in [1.807, 2.05) is 0 Å². The van der Waals surface area contributed by atoms with Crippen LogP contribution in [0.4, 0.5) is 0 Å². The van der Waals surface area contributed by atoms with E-state index in [0.29, 0.717) is 6.42 Å². The summed E-state index contributed by atoms with van der Waals surface area (Å²) >= 11 is 0. The summed E-state index contributed by atoms with van der Waals surface area (Å²) in [5.74, 6) is -0.670. The van der Waals surface area contributed by atoms with Crippen molar-refractivity contribution in [3.63, 3.8) is 0 Å². The normalized spacial score (nSPS) is 8.08. The largest absolute Gasteiger partial charge is 0.481 e. The van der Waals surface area contributed by atoms with Crippen LogP contribution in [0.1, 0.15) is 45.4 Å². The third kappa shape index (κ3) is 17.1. The topological polar surface area (TPSA) is 37.3 Å². The zero-order valence-electron chi connectivity index (χ0n) is 7.10. The Morgan fingerprint density at radius 3 is 2.08 bits per heavy atom. The maximum atomic E-state index is 10.0. The molecule has 70 valence electrons. The molecule has 4 heteroatoms. The molecule has 0 aliphatic rings. The first-order valence-corrected chi connectivity index (χ1v) is 3.99. The third-order valence-corrected chi connectivity index (χ3v) is 1.49. The van der Waals surface area contributed by atoms with Gasteiger partial charge in [-0.1, -0.05) is 32.6 Å². The molecule has 1 N–H and O–H groups in total. The van der Waals surface area contributed by atoms with Gasteiger partial charge < -0.3 is 5.11 Å². The Bertz CT molecular complexity index is 99.1. The van der Waals surface area contributed by atoms with E-state index >= 15 is 0 Å². The summed E-state index contributed by atoms with van der Waals surface area (Å²) in [4.78, 5) is 10.0. The molecule has 0 unspecified atom stereocenters. The Balaban J connectivity index is -0.000000405. The smallest absolute Gasteiger partial charge is 0.303 e. The molecule has 0 aromatic carbocycles. The number of hydrogen-bond donors (Lipinski definition) is 1. The molecule has 0 aliphatic heterocycles. The van der Waals surface area contributed by atoms with Crippen molar-refractivity contribution in [2.45, 2.75) is 45.4 Å². The van der Waals surface area contributed by atoms with E-state index in [0.717, 1.165) is 12.8 Å². The zero-order valence-corrected chi connectivity index (χ0v) is 9.56. The molecule has 0 saturated carbocycles. The van der Waals surface area contributed by atoms with Crippen LogP contribution in [-0.4, -0.2) is 28.4 Å². The van der Waals surface area contributed by atoms with Crippen molar-refractivity contribution >= 4 is 23.3 Å². The summed E-state index contributed by atoms with van der Waals surface area (Å²) in [7, 11) is 0.